The van der Waals surface area contributed by atoms with Crippen LogP contribution in [0, 0.1) is 0 Å². The van der Waals surface area contributed by atoms with Crippen molar-refractivity contribution in [3.05, 3.63) is 95.1 Å². The van der Waals surface area contributed by atoms with Crippen LogP contribution in [0.4, 0.5) is 0 Å². The highest BCUT2D eigenvalue weighted by atomic mass is 16.6. The average molecular weight is 474 g/mol. The number of aliphatic imine (C=N–C) groups is 1. The minimum Gasteiger partial charge on any atom is -0.362 e. The van der Waals surface area contributed by atoms with Crippen LogP contribution in [0.1, 0.15) is 54.9 Å². The van der Waals surface area contributed by atoms with E-state index in [4.69, 9.17) is 9.73 Å². The van der Waals surface area contributed by atoms with Crippen molar-refractivity contribution < 1.29 is 14.4 Å². The minimum absolute atomic E-state index is 0.0980. The Balaban J connectivity index is 1.47. The second-order valence-electron chi connectivity index (χ2n) is 11.5. The van der Waals surface area contributed by atoms with Gasteiger partial charge in [-0.1, -0.05) is 73.4 Å². The van der Waals surface area contributed by atoms with Crippen molar-refractivity contribution in [2.75, 3.05) is 7.11 Å². The van der Waals surface area contributed by atoms with E-state index in [1.165, 1.54) is 49.5 Å². The summed E-state index contributed by atoms with van der Waals surface area (Å²) < 4.78 is 8.10. The zero-order valence-corrected chi connectivity index (χ0v) is 21.0. The Labute approximate surface area is 210 Å². The molecule has 36 heavy (non-hydrogen) atoms. The molecule has 0 saturated heterocycles. The van der Waals surface area contributed by atoms with Gasteiger partial charge in [0.2, 0.25) is 5.79 Å². The van der Waals surface area contributed by atoms with Gasteiger partial charge in [-0.15, -0.1) is 0 Å². The van der Waals surface area contributed by atoms with Crippen molar-refractivity contribution >= 4 is 33.1 Å². The predicted molar refractivity (Wildman–Crippen MR) is 143 cm³/mol. The number of amidine groups is 1. The number of ether oxygens (including phenoxy) is 1. The Morgan fingerprint density at radius 3 is 2.08 bits per heavy atom. The summed E-state index contributed by atoms with van der Waals surface area (Å²) in [5.41, 5.74) is 6.31. The van der Waals surface area contributed by atoms with E-state index in [0.717, 1.165) is 5.84 Å². The molecule has 4 aliphatic rings. The molecule has 2 aliphatic heterocycles. The second kappa shape index (κ2) is 6.50. The molecule has 4 nitrogen and oxygen atoms in total. The molecule has 178 valence electrons. The molecule has 2 heterocycles. The van der Waals surface area contributed by atoms with Crippen molar-refractivity contribution in [1.82, 2.24) is 0 Å². The van der Waals surface area contributed by atoms with Crippen molar-refractivity contribution in [2.45, 2.75) is 55.9 Å². The number of aliphatic hydroxyl groups is 1. The quantitative estimate of drug-likeness (QED) is 0.294. The Kier molecular flexibility index (Phi) is 3.76. The van der Waals surface area contributed by atoms with Gasteiger partial charge >= 0.3 is 0 Å². The van der Waals surface area contributed by atoms with Crippen LogP contribution < -0.4 is 0 Å². The summed E-state index contributed by atoms with van der Waals surface area (Å²) in [7, 11) is 1.62. The first-order valence-corrected chi connectivity index (χ1v) is 12.9. The number of benzene rings is 4. The van der Waals surface area contributed by atoms with Gasteiger partial charge in [0.1, 0.15) is 5.71 Å². The highest BCUT2D eigenvalue weighted by molar-refractivity contribution is 6.11. The molecule has 0 amide bonds. The number of hydrogen-bond acceptors (Lipinski definition) is 3. The molecule has 4 heteroatoms. The van der Waals surface area contributed by atoms with Gasteiger partial charge in [-0.2, -0.15) is 0 Å². The van der Waals surface area contributed by atoms with E-state index in [2.05, 4.69) is 98.1 Å². The highest BCUT2D eigenvalue weighted by Crippen LogP contribution is 2.61. The fraction of sp³-hybridized carbons (Fsp3) is 0.312. The third-order valence-corrected chi connectivity index (χ3v) is 9.44. The fourth-order valence-corrected chi connectivity index (χ4v) is 7.63. The number of methoxy groups -OCH3 is 1. The molecule has 2 aliphatic carbocycles. The van der Waals surface area contributed by atoms with Crippen LogP contribution in [-0.4, -0.2) is 46.2 Å². The van der Waals surface area contributed by atoms with Crippen molar-refractivity contribution in [1.29, 1.82) is 0 Å². The molecule has 0 bridgehead atoms. The van der Waals surface area contributed by atoms with Crippen LogP contribution in [0.5, 0.6) is 0 Å². The lowest BCUT2D eigenvalue weighted by Crippen LogP contribution is -2.47. The van der Waals surface area contributed by atoms with Gasteiger partial charge in [0.25, 0.3) is 5.84 Å². The highest BCUT2D eigenvalue weighted by Gasteiger charge is 2.75. The van der Waals surface area contributed by atoms with E-state index in [1.807, 2.05) is 0 Å². The topological polar surface area (TPSA) is 44.8 Å². The summed E-state index contributed by atoms with van der Waals surface area (Å²) in [6.45, 7) is 6.78. The monoisotopic (exact) mass is 473 g/mol. The normalized spacial score (nSPS) is 30.9. The van der Waals surface area contributed by atoms with Crippen LogP contribution in [0.3, 0.4) is 0 Å². The van der Waals surface area contributed by atoms with Crippen LogP contribution in [-0.2, 0) is 10.2 Å². The molecule has 0 radical (unpaired) electrons. The lowest BCUT2D eigenvalue weighted by Gasteiger charge is -2.31. The summed E-state index contributed by atoms with van der Waals surface area (Å²) in [6.07, 6.45) is 0. The van der Waals surface area contributed by atoms with Crippen LogP contribution in [0.15, 0.2) is 77.8 Å². The Hall–Kier alpha value is -3.34. The van der Waals surface area contributed by atoms with E-state index in [-0.39, 0.29) is 29.3 Å². The first-order valence-electron chi connectivity index (χ1n) is 12.9. The van der Waals surface area contributed by atoms with Crippen molar-refractivity contribution in [2.24, 2.45) is 4.99 Å². The van der Waals surface area contributed by atoms with Crippen LogP contribution in [0.2, 0.25) is 0 Å². The molecule has 1 N–H and O–H groups in total. The fourth-order valence-electron chi connectivity index (χ4n) is 7.63. The van der Waals surface area contributed by atoms with Crippen LogP contribution >= 0.6 is 0 Å². The summed E-state index contributed by atoms with van der Waals surface area (Å²) in [4.78, 5) is 5.35. The Morgan fingerprint density at radius 1 is 0.861 bits per heavy atom. The van der Waals surface area contributed by atoms with E-state index >= 15 is 0 Å². The maximum absolute atomic E-state index is 11.6. The molecule has 5 atom stereocenters. The molecule has 8 rings (SSSR count). The lowest BCUT2D eigenvalue weighted by atomic mass is 9.77. The molecule has 5 unspecified atom stereocenters. The largest absolute Gasteiger partial charge is 0.362 e. The molecule has 0 aromatic heterocycles. The van der Waals surface area contributed by atoms with Gasteiger partial charge in [-0.3, -0.25) is 0 Å². The number of rotatable bonds is 1. The lowest BCUT2D eigenvalue weighted by molar-refractivity contribution is -0.453. The van der Waals surface area contributed by atoms with Gasteiger partial charge in [0.05, 0.1) is 11.8 Å². The van der Waals surface area contributed by atoms with Crippen molar-refractivity contribution in [3.63, 3.8) is 0 Å². The molecule has 4 aromatic carbocycles. The van der Waals surface area contributed by atoms with Crippen molar-refractivity contribution in [3.8, 4) is 0 Å². The zero-order valence-electron chi connectivity index (χ0n) is 21.0. The second-order valence-corrected chi connectivity index (χ2v) is 11.5. The van der Waals surface area contributed by atoms with E-state index in [9.17, 15) is 5.11 Å². The van der Waals surface area contributed by atoms with Crippen LogP contribution in [0.25, 0.3) is 21.5 Å². The first kappa shape index (κ1) is 20.8. The van der Waals surface area contributed by atoms with Gasteiger partial charge in [-0.25, -0.2) is 4.58 Å². The van der Waals surface area contributed by atoms with E-state index in [0.29, 0.717) is 0 Å². The zero-order chi connectivity index (χ0) is 24.6. The SMILES string of the molecule is COC1(O)C2c3cc4ccccc4cc3C3=[N+](C(C)=NC4C3c3cc5ccccc5cc3C4(C)C)C21. The van der Waals surface area contributed by atoms with Gasteiger partial charge in [0.15, 0.2) is 12.1 Å². The van der Waals surface area contributed by atoms with E-state index in [1.54, 1.807) is 7.11 Å². The minimum atomic E-state index is -1.22. The molecular weight excluding hydrogens is 444 g/mol. The molecule has 0 spiro atoms. The summed E-state index contributed by atoms with van der Waals surface area (Å²) in [5.74, 6) is -0.231. The molecule has 1 fully saturated rings. The Bertz CT molecular complexity index is 1710. The third kappa shape index (κ3) is 2.33. The summed E-state index contributed by atoms with van der Waals surface area (Å²) >= 11 is 0. The summed E-state index contributed by atoms with van der Waals surface area (Å²) in [6, 6.07) is 26.5. The number of fused-ring (bicyclic) bond motifs is 11. The standard InChI is InChI=1S/C32H29N2O2/c1-17-33-29-26(24-15-20-11-7-8-12-21(20)16-25(24)31(29,2)3)28-23-14-19-10-6-5-9-18(19)13-22(23)27-30(34(17)28)32(27,35)36-4/h5-16,26-27,29-30,35H,1-4H3/q+1. The maximum atomic E-state index is 11.6. The Morgan fingerprint density at radius 2 is 1.44 bits per heavy atom. The van der Waals surface area contributed by atoms with Gasteiger partial charge in [0, 0.05) is 25.0 Å². The predicted octanol–water partition coefficient (Wildman–Crippen LogP) is 5.48. The molecular formula is C32H29N2O2+. The van der Waals surface area contributed by atoms with Gasteiger partial charge in [-0.05, 0) is 56.4 Å². The third-order valence-electron chi connectivity index (χ3n) is 9.44. The average Bonchev–Trinajstić information content (AvgIpc) is 3.45. The number of hydrogen-bond donors (Lipinski definition) is 1. The van der Waals surface area contributed by atoms with Gasteiger partial charge < -0.3 is 9.84 Å². The smallest absolute Gasteiger partial charge is 0.290 e. The molecule has 4 aromatic rings. The summed E-state index contributed by atoms with van der Waals surface area (Å²) in [5, 5.41) is 16.6. The maximum Gasteiger partial charge on any atom is 0.290 e. The number of nitrogens with zero attached hydrogens (tertiary/aromatic N) is 2. The molecule has 1 saturated carbocycles. The van der Waals surface area contributed by atoms with E-state index < -0.39 is 5.79 Å². The first-order chi connectivity index (χ1) is 17.3.